The second-order valence-electron chi connectivity index (χ2n) is 4.94. The third-order valence-corrected chi connectivity index (χ3v) is 4.60. The summed E-state index contributed by atoms with van der Waals surface area (Å²) < 4.78 is 5.44. The van der Waals surface area contributed by atoms with Crippen molar-refractivity contribution in [3.8, 4) is 5.75 Å². The SMILES string of the molecule is O=C(O)C1CN(C(=O)C2CSCCN2)c2ccccc2O1. The van der Waals surface area contributed by atoms with Crippen molar-refractivity contribution in [1.29, 1.82) is 0 Å². The van der Waals surface area contributed by atoms with E-state index in [2.05, 4.69) is 5.32 Å². The molecule has 2 aliphatic rings. The van der Waals surface area contributed by atoms with E-state index in [1.165, 1.54) is 4.90 Å². The molecule has 3 rings (SSSR count). The van der Waals surface area contributed by atoms with E-state index in [1.807, 2.05) is 6.07 Å². The van der Waals surface area contributed by atoms with Gasteiger partial charge in [0.05, 0.1) is 18.3 Å². The Balaban J connectivity index is 1.88. The van der Waals surface area contributed by atoms with E-state index >= 15 is 0 Å². The summed E-state index contributed by atoms with van der Waals surface area (Å²) in [4.78, 5) is 25.4. The number of hydrogen-bond acceptors (Lipinski definition) is 5. The number of carboxylic acid groups (broad SMARTS) is 1. The van der Waals surface area contributed by atoms with Crippen molar-refractivity contribution in [1.82, 2.24) is 5.32 Å². The summed E-state index contributed by atoms with van der Waals surface area (Å²) in [5, 5.41) is 12.4. The molecule has 6 nitrogen and oxygen atoms in total. The number of para-hydroxylation sites is 2. The highest BCUT2D eigenvalue weighted by molar-refractivity contribution is 7.99. The van der Waals surface area contributed by atoms with Crippen LogP contribution in [0.15, 0.2) is 24.3 Å². The first-order valence-electron chi connectivity index (χ1n) is 6.78. The molecule has 2 unspecified atom stereocenters. The maximum Gasteiger partial charge on any atom is 0.346 e. The quantitative estimate of drug-likeness (QED) is 0.831. The summed E-state index contributed by atoms with van der Waals surface area (Å²) in [5.74, 6) is 0.975. The Morgan fingerprint density at radius 3 is 2.90 bits per heavy atom. The monoisotopic (exact) mass is 308 g/mol. The number of rotatable bonds is 2. The van der Waals surface area contributed by atoms with E-state index < -0.39 is 12.1 Å². The zero-order valence-corrected chi connectivity index (χ0v) is 12.1. The average Bonchev–Trinajstić information content (AvgIpc) is 2.54. The van der Waals surface area contributed by atoms with Crippen LogP contribution >= 0.6 is 11.8 Å². The van der Waals surface area contributed by atoms with Crippen LogP contribution in [0.2, 0.25) is 0 Å². The predicted octanol–water partition coefficient (Wildman–Crippen LogP) is 0.570. The lowest BCUT2D eigenvalue weighted by Crippen LogP contribution is -2.55. The van der Waals surface area contributed by atoms with Gasteiger partial charge in [0.1, 0.15) is 5.75 Å². The first kappa shape index (κ1) is 14.2. The number of amides is 1. The molecule has 0 aliphatic carbocycles. The Morgan fingerprint density at radius 2 is 2.19 bits per heavy atom. The van der Waals surface area contributed by atoms with Crippen LogP contribution < -0.4 is 15.0 Å². The van der Waals surface area contributed by atoms with E-state index in [0.29, 0.717) is 17.2 Å². The van der Waals surface area contributed by atoms with Crippen molar-refractivity contribution in [2.45, 2.75) is 12.1 Å². The maximum atomic E-state index is 12.7. The number of carboxylic acids is 1. The van der Waals surface area contributed by atoms with Gasteiger partial charge in [-0.3, -0.25) is 4.79 Å². The van der Waals surface area contributed by atoms with Gasteiger partial charge in [0, 0.05) is 18.1 Å². The summed E-state index contributed by atoms with van der Waals surface area (Å²) in [6.45, 7) is 0.823. The largest absolute Gasteiger partial charge is 0.478 e. The summed E-state index contributed by atoms with van der Waals surface area (Å²) in [7, 11) is 0. The normalized spacial score (nSPS) is 24.9. The highest BCUT2D eigenvalue weighted by Crippen LogP contribution is 2.33. The number of thioether (sulfide) groups is 1. The van der Waals surface area contributed by atoms with Gasteiger partial charge >= 0.3 is 5.97 Å². The summed E-state index contributed by atoms with van der Waals surface area (Å²) in [5.41, 5.74) is 0.636. The fourth-order valence-electron chi connectivity index (χ4n) is 2.48. The summed E-state index contributed by atoms with van der Waals surface area (Å²) in [6.07, 6.45) is -1.03. The van der Waals surface area contributed by atoms with E-state index in [0.717, 1.165) is 12.3 Å². The van der Waals surface area contributed by atoms with Crippen molar-refractivity contribution in [3.63, 3.8) is 0 Å². The molecule has 0 aromatic heterocycles. The van der Waals surface area contributed by atoms with Crippen LogP contribution in [0.5, 0.6) is 5.75 Å². The Bertz CT molecular complexity index is 560. The van der Waals surface area contributed by atoms with Crippen LogP contribution in [0.4, 0.5) is 5.69 Å². The van der Waals surface area contributed by atoms with Gasteiger partial charge in [0.2, 0.25) is 12.0 Å². The van der Waals surface area contributed by atoms with Gasteiger partial charge in [0.25, 0.3) is 0 Å². The minimum absolute atomic E-state index is 0.0357. The van der Waals surface area contributed by atoms with Gasteiger partial charge in [-0.15, -0.1) is 0 Å². The molecule has 0 bridgehead atoms. The minimum Gasteiger partial charge on any atom is -0.478 e. The lowest BCUT2D eigenvalue weighted by Gasteiger charge is -2.36. The third kappa shape index (κ3) is 2.84. The van der Waals surface area contributed by atoms with Gasteiger partial charge in [-0.1, -0.05) is 12.1 Å². The van der Waals surface area contributed by atoms with Gasteiger partial charge < -0.3 is 20.1 Å². The standard InChI is InChI=1S/C14H16N2O4S/c17-13(9-8-21-6-5-15-9)16-7-12(14(18)19)20-11-4-2-1-3-10(11)16/h1-4,9,12,15H,5-8H2,(H,18,19). The molecule has 2 atom stereocenters. The van der Waals surface area contributed by atoms with Gasteiger partial charge in [-0.2, -0.15) is 11.8 Å². The molecule has 1 aromatic carbocycles. The van der Waals surface area contributed by atoms with Crippen molar-refractivity contribution >= 4 is 29.3 Å². The molecule has 2 N–H and O–H groups in total. The molecule has 2 aliphatic heterocycles. The number of nitrogens with one attached hydrogen (secondary N) is 1. The number of benzene rings is 1. The second-order valence-corrected chi connectivity index (χ2v) is 6.09. The Hall–Kier alpha value is -1.73. The van der Waals surface area contributed by atoms with Crippen LogP contribution in [-0.4, -0.2) is 53.7 Å². The third-order valence-electron chi connectivity index (χ3n) is 3.53. The lowest BCUT2D eigenvalue weighted by molar-refractivity contribution is -0.145. The number of aliphatic carboxylic acids is 1. The lowest BCUT2D eigenvalue weighted by atomic mass is 10.1. The highest BCUT2D eigenvalue weighted by atomic mass is 32.2. The molecule has 1 amide bonds. The molecule has 2 heterocycles. The molecule has 0 saturated carbocycles. The first-order valence-corrected chi connectivity index (χ1v) is 7.93. The fraction of sp³-hybridized carbons (Fsp3) is 0.429. The molecule has 0 spiro atoms. The molecule has 112 valence electrons. The molecule has 7 heteroatoms. The fourth-order valence-corrected chi connectivity index (χ4v) is 3.41. The molecule has 21 heavy (non-hydrogen) atoms. The number of fused-ring (bicyclic) bond motifs is 1. The number of ether oxygens (including phenoxy) is 1. The molecular weight excluding hydrogens is 292 g/mol. The average molecular weight is 308 g/mol. The van der Waals surface area contributed by atoms with Crippen LogP contribution in [0, 0.1) is 0 Å². The smallest absolute Gasteiger partial charge is 0.346 e. The first-order chi connectivity index (χ1) is 10.2. The predicted molar refractivity (Wildman–Crippen MR) is 80.0 cm³/mol. The van der Waals surface area contributed by atoms with Crippen LogP contribution in [0.3, 0.4) is 0 Å². The van der Waals surface area contributed by atoms with Crippen molar-refractivity contribution in [2.75, 3.05) is 29.5 Å². The number of carbonyl (C=O) groups excluding carboxylic acids is 1. The molecule has 1 fully saturated rings. The topological polar surface area (TPSA) is 78.9 Å². The van der Waals surface area contributed by atoms with Crippen molar-refractivity contribution < 1.29 is 19.4 Å². The number of nitrogens with zero attached hydrogens (tertiary/aromatic N) is 1. The van der Waals surface area contributed by atoms with E-state index in [4.69, 9.17) is 4.74 Å². The zero-order chi connectivity index (χ0) is 14.8. The van der Waals surface area contributed by atoms with Crippen LogP contribution in [0.25, 0.3) is 0 Å². The highest BCUT2D eigenvalue weighted by Gasteiger charge is 2.36. The molecule has 0 radical (unpaired) electrons. The zero-order valence-electron chi connectivity index (χ0n) is 11.3. The van der Waals surface area contributed by atoms with E-state index in [-0.39, 0.29) is 18.5 Å². The minimum atomic E-state index is -1.06. The van der Waals surface area contributed by atoms with Crippen molar-refractivity contribution in [2.24, 2.45) is 0 Å². The van der Waals surface area contributed by atoms with Crippen molar-refractivity contribution in [3.05, 3.63) is 24.3 Å². The van der Waals surface area contributed by atoms with E-state index in [9.17, 15) is 14.7 Å². The molecule has 1 aromatic rings. The Morgan fingerprint density at radius 1 is 1.38 bits per heavy atom. The Kier molecular flexibility index (Phi) is 4.03. The van der Waals surface area contributed by atoms with E-state index in [1.54, 1.807) is 30.0 Å². The number of anilines is 1. The van der Waals surface area contributed by atoms with Gasteiger partial charge in [0.15, 0.2) is 0 Å². The Labute approximate surface area is 126 Å². The number of carbonyl (C=O) groups is 2. The molecular formula is C14H16N2O4S. The summed E-state index contributed by atoms with van der Waals surface area (Å²) in [6, 6.07) is 6.77. The van der Waals surface area contributed by atoms with Gasteiger partial charge in [-0.25, -0.2) is 4.79 Å². The maximum absolute atomic E-state index is 12.7. The van der Waals surface area contributed by atoms with Gasteiger partial charge in [-0.05, 0) is 12.1 Å². The van der Waals surface area contributed by atoms with Crippen LogP contribution in [-0.2, 0) is 9.59 Å². The van der Waals surface area contributed by atoms with Crippen LogP contribution in [0.1, 0.15) is 0 Å². The summed E-state index contributed by atoms with van der Waals surface area (Å²) >= 11 is 1.73. The molecule has 1 saturated heterocycles. The second kappa shape index (κ2) is 5.95. The number of hydrogen-bond donors (Lipinski definition) is 2.